The van der Waals surface area contributed by atoms with Gasteiger partial charge in [0.25, 0.3) is 0 Å². The summed E-state index contributed by atoms with van der Waals surface area (Å²) in [5.74, 6) is 0.146. The summed E-state index contributed by atoms with van der Waals surface area (Å²) in [5, 5.41) is 3.39. The fraction of sp³-hybridized carbons (Fsp3) is 0.577. The number of carbonyl (C=O) groups is 2. The third kappa shape index (κ3) is 4.25. The molecule has 2 heterocycles. The summed E-state index contributed by atoms with van der Waals surface area (Å²) in [6.45, 7) is 5.94. The molecule has 1 saturated carbocycles. The molecule has 1 aromatic carbocycles. The van der Waals surface area contributed by atoms with Crippen LogP contribution in [0.5, 0.6) is 0 Å². The van der Waals surface area contributed by atoms with Gasteiger partial charge >= 0.3 is 6.09 Å². The second-order valence-corrected chi connectivity index (χ2v) is 10.9. The molecule has 2 N–H and O–H groups in total. The normalized spacial score (nSPS) is 25.3. The van der Waals surface area contributed by atoms with Gasteiger partial charge in [-0.2, -0.15) is 0 Å². The Bertz CT molecular complexity index is 1150. The average molecular weight is 532 g/mol. The van der Waals surface area contributed by atoms with E-state index in [1.165, 1.54) is 7.11 Å². The molecule has 4 rings (SSSR count). The van der Waals surface area contributed by atoms with Crippen molar-refractivity contribution in [1.29, 1.82) is 0 Å². The van der Waals surface area contributed by atoms with Crippen LogP contribution in [-0.4, -0.2) is 41.1 Å². The minimum Gasteiger partial charge on any atom is -0.453 e. The van der Waals surface area contributed by atoms with Crippen molar-refractivity contribution < 1.29 is 14.3 Å². The van der Waals surface area contributed by atoms with E-state index in [2.05, 4.69) is 33.2 Å². The predicted octanol–water partition coefficient (Wildman–Crippen LogP) is 5.07. The van der Waals surface area contributed by atoms with Crippen LogP contribution in [0.15, 0.2) is 33.5 Å². The van der Waals surface area contributed by atoms with Gasteiger partial charge < -0.3 is 19.9 Å². The summed E-state index contributed by atoms with van der Waals surface area (Å²) in [6, 6.07) is 6.64. The average Bonchev–Trinajstić information content (AvgIpc) is 3.16. The Balaban J connectivity index is 1.87. The van der Waals surface area contributed by atoms with Crippen molar-refractivity contribution in [3.63, 3.8) is 0 Å². The largest absolute Gasteiger partial charge is 0.453 e. The minimum atomic E-state index is -0.708. The van der Waals surface area contributed by atoms with Crippen LogP contribution in [0, 0.1) is 11.8 Å². The maximum atomic E-state index is 14.2. The number of halogens is 1. The Labute approximate surface area is 208 Å². The van der Waals surface area contributed by atoms with Crippen molar-refractivity contribution in [2.24, 2.45) is 11.8 Å². The van der Waals surface area contributed by atoms with Crippen molar-refractivity contribution in [3.05, 3.63) is 44.7 Å². The zero-order chi connectivity index (χ0) is 24.6. The molecule has 7 nitrogen and oxygen atoms in total. The number of amides is 2. The highest BCUT2D eigenvalue weighted by Gasteiger charge is 2.55. The number of likely N-dealkylation sites (tertiary alicyclic amines) is 1. The number of alkyl carbamates (subject to hydrolysis) is 1. The van der Waals surface area contributed by atoms with Gasteiger partial charge in [-0.15, -0.1) is 0 Å². The van der Waals surface area contributed by atoms with E-state index in [0.717, 1.165) is 47.8 Å². The number of rotatable bonds is 5. The maximum Gasteiger partial charge on any atom is 0.407 e. The highest BCUT2D eigenvalue weighted by Crippen LogP contribution is 2.52. The van der Waals surface area contributed by atoms with E-state index in [1.807, 2.05) is 36.9 Å². The second kappa shape index (κ2) is 9.72. The zero-order valence-electron chi connectivity index (χ0n) is 20.3. The number of benzene rings is 1. The number of hydrogen-bond donors (Lipinski definition) is 2. The third-order valence-corrected chi connectivity index (χ3v) is 8.26. The summed E-state index contributed by atoms with van der Waals surface area (Å²) >= 11 is 3.51. The van der Waals surface area contributed by atoms with Gasteiger partial charge in [-0.3, -0.25) is 9.59 Å². The summed E-state index contributed by atoms with van der Waals surface area (Å²) in [7, 11) is 1.30. The molecule has 2 amide bonds. The first kappa shape index (κ1) is 24.8. The van der Waals surface area contributed by atoms with Crippen LogP contribution in [0.3, 0.4) is 0 Å². The summed E-state index contributed by atoms with van der Waals surface area (Å²) in [4.78, 5) is 45.0. The van der Waals surface area contributed by atoms with Crippen LogP contribution in [0.2, 0.25) is 0 Å². The number of fused-ring (bicyclic) bond motifs is 2. The fourth-order valence-electron chi connectivity index (χ4n) is 6.06. The molecule has 1 saturated heterocycles. The quantitative estimate of drug-likeness (QED) is 0.563. The Hall–Kier alpha value is -2.35. The van der Waals surface area contributed by atoms with Crippen LogP contribution in [0.25, 0.3) is 10.9 Å². The molecule has 4 atom stereocenters. The molecular weight excluding hydrogens is 498 g/mol. The van der Waals surface area contributed by atoms with Crippen LogP contribution in [-0.2, 0) is 15.1 Å². The molecule has 8 heteroatoms. The van der Waals surface area contributed by atoms with Gasteiger partial charge in [0.1, 0.15) is 6.04 Å². The molecule has 1 aromatic heterocycles. The second-order valence-electron chi connectivity index (χ2n) is 10.0. The highest BCUT2D eigenvalue weighted by molar-refractivity contribution is 9.10. The van der Waals surface area contributed by atoms with Crippen molar-refractivity contribution >= 4 is 38.8 Å². The van der Waals surface area contributed by atoms with Crippen molar-refractivity contribution in [2.75, 3.05) is 7.11 Å². The van der Waals surface area contributed by atoms with E-state index >= 15 is 0 Å². The number of H-pyrrole nitrogens is 1. The van der Waals surface area contributed by atoms with Gasteiger partial charge in [0, 0.05) is 27.7 Å². The van der Waals surface area contributed by atoms with Gasteiger partial charge in [-0.05, 0) is 55.7 Å². The molecule has 0 spiro atoms. The van der Waals surface area contributed by atoms with Crippen LogP contribution < -0.4 is 10.7 Å². The first-order valence-corrected chi connectivity index (χ1v) is 13.0. The lowest BCUT2D eigenvalue weighted by molar-refractivity contribution is -0.143. The molecule has 34 heavy (non-hydrogen) atoms. The lowest BCUT2D eigenvalue weighted by Crippen LogP contribution is -2.58. The lowest BCUT2D eigenvalue weighted by Gasteiger charge is -2.43. The summed E-state index contributed by atoms with van der Waals surface area (Å²) in [5.41, 5.74) is 0.825. The van der Waals surface area contributed by atoms with Gasteiger partial charge in [0.05, 0.1) is 18.2 Å². The van der Waals surface area contributed by atoms with E-state index in [4.69, 9.17) is 4.74 Å². The highest BCUT2D eigenvalue weighted by atomic mass is 79.9. The van der Waals surface area contributed by atoms with E-state index in [1.54, 1.807) is 6.07 Å². The standard InChI is InChI=1S/C26H34BrN3O4/c1-5-26(22-13-21(31)18-11-10-17(27)12-19(18)28-22)14-16-8-6-7-9-20(16)30(26)24(32)23(15(2)3)29-25(33)34-4/h10-13,15-16,20,23H,5-9,14H2,1-4H3,(H,28,31)(H,29,33). The Morgan fingerprint density at radius 2 is 2.00 bits per heavy atom. The van der Waals surface area contributed by atoms with Gasteiger partial charge in [-0.1, -0.05) is 49.5 Å². The molecule has 2 fully saturated rings. The number of nitrogens with zero attached hydrogens (tertiary/aromatic N) is 1. The Kier molecular flexibility index (Phi) is 7.08. The SMILES string of the molecule is CCC1(c2cc(=O)c3ccc(Br)cc3[nH]2)CC2CCCCC2N1C(=O)C(NC(=O)OC)C(C)C. The summed E-state index contributed by atoms with van der Waals surface area (Å²) in [6.07, 6.45) is 5.09. The number of aromatic amines is 1. The van der Waals surface area contributed by atoms with Crippen molar-refractivity contribution in [1.82, 2.24) is 15.2 Å². The number of nitrogens with one attached hydrogen (secondary N) is 2. The number of pyridine rings is 1. The maximum absolute atomic E-state index is 14.2. The molecular formula is C26H34BrN3O4. The Morgan fingerprint density at radius 3 is 2.68 bits per heavy atom. The molecule has 2 aromatic rings. The van der Waals surface area contributed by atoms with E-state index in [0.29, 0.717) is 17.7 Å². The number of hydrogen-bond acceptors (Lipinski definition) is 4. The molecule has 4 unspecified atom stereocenters. The monoisotopic (exact) mass is 531 g/mol. The van der Waals surface area contributed by atoms with Gasteiger partial charge in [-0.25, -0.2) is 4.79 Å². The van der Waals surface area contributed by atoms with Gasteiger partial charge in [0.2, 0.25) is 5.91 Å². The number of carbonyl (C=O) groups excluding carboxylic acids is 2. The van der Waals surface area contributed by atoms with Crippen molar-refractivity contribution in [3.8, 4) is 0 Å². The third-order valence-electron chi connectivity index (χ3n) is 7.77. The van der Waals surface area contributed by atoms with E-state index in [-0.39, 0.29) is 23.3 Å². The summed E-state index contributed by atoms with van der Waals surface area (Å²) < 4.78 is 5.70. The van der Waals surface area contributed by atoms with Crippen LogP contribution >= 0.6 is 15.9 Å². The number of aromatic nitrogens is 1. The fourth-order valence-corrected chi connectivity index (χ4v) is 6.42. The molecule has 184 valence electrons. The molecule has 0 bridgehead atoms. The van der Waals surface area contributed by atoms with E-state index < -0.39 is 17.7 Å². The van der Waals surface area contributed by atoms with E-state index in [9.17, 15) is 14.4 Å². The first-order chi connectivity index (χ1) is 16.2. The molecule has 1 aliphatic heterocycles. The molecule has 1 aliphatic carbocycles. The minimum absolute atomic E-state index is 0.0561. The molecule has 2 aliphatic rings. The first-order valence-electron chi connectivity index (χ1n) is 12.2. The van der Waals surface area contributed by atoms with Gasteiger partial charge in [0.15, 0.2) is 5.43 Å². The van der Waals surface area contributed by atoms with Crippen LogP contribution in [0.1, 0.15) is 65.0 Å². The predicted molar refractivity (Wildman–Crippen MR) is 136 cm³/mol. The number of ether oxygens (including phenoxy) is 1. The van der Waals surface area contributed by atoms with Crippen molar-refractivity contribution in [2.45, 2.75) is 76.9 Å². The lowest BCUT2D eigenvalue weighted by atomic mass is 9.80. The zero-order valence-corrected chi connectivity index (χ0v) is 21.9. The smallest absolute Gasteiger partial charge is 0.407 e. The Morgan fingerprint density at radius 1 is 1.26 bits per heavy atom. The molecule has 0 radical (unpaired) electrons. The topological polar surface area (TPSA) is 91.5 Å². The van der Waals surface area contributed by atoms with Crippen LogP contribution in [0.4, 0.5) is 4.79 Å². The number of methoxy groups -OCH3 is 1.